The summed E-state index contributed by atoms with van der Waals surface area (Å²) in [6.07, 6.45) is 3.99. The van der Waals surface area contributed by atoms with Gasteiger partial charge in [-0.25, -0.2) is 18.7 Å². The molecule has 0 fully saturated rings. The topological polar surface area (TPSA) is 156 Å². The SMILES string of the molecule is CCN(CC)CCN(Cc1ccc(-c2ccc(C(F)(F)F)cc2)nc1)C(=O)Cn1cc(C)c(=O)nc1SCc1ccc(F)cc1.CCN(CC)CCN(Cc1cnc(-c2ccc(Cl)cc2)nc1)C(=O)Cn1cc(C)c(=O)nc1SCc1ccc(F)cc1. The second-order valence-corrected chi connectivity index (χ2v) is 22.7. The molecule has 4 aromatic heterocycles. The lowest BCUT2D eigenvalue weighted by Gasteiger charge is -2.27. The van der Waals surface area contributed by atoms with E-state index in [9.17, 15) is 41.1 Å². The molecule has 0 saturated carbocycles. The number of amides is 2. The minimum atomic E-state index is -4.41. The highest BCUT2D eigenvalue weighted by Gasteiger charge is 2.30. The summed E-state index contributed by atoms with van der Waals surface area (Å²) >= 11 is 8.63. The zero-order valence-electron chi connectivity index (χ0n) is 49.3. The molecular formula is C64H69ClF5N11O4S2. The predicted octanol–water partition coefficient (Wildman–Crippen LogP) is 11.9. The molecule has 0 aliphatic rings. The van der Waals surface area contributed by atoms with Crippen molar-refractivity contribution in [2.24, 2.45) is 0 Å². The second kappa shape index (κ2) is 32.4. The largest absolute Gasteiger partial charge is 0.416 e. The van der Waals surface area contributed by atoms with Gasteiger partial charge in [0.1, 0.15) is 24.7 Å². The van der Waals surface area contributed by atoms with E-state index >= 15 is 0 Å². The molecule has 0 aliphatic carbocycles. The molecule has 0 aliphatic heterocycles. The summed E-state index contributed by atoms with van der Waals surface area (Å²) in [7, 11) is 0. The molecule has 23 heteroatoms. The fraction of sp³-hybridized carbons (Fsp3) is 0.328. The summed E-state index contributed by atoms with van der Waals surface area (Å²) in [6, 6.07) is 27.9. The molecule has 4 aromatic carbocycles. The molecule has 0 N–H and O–H groups in total. The van der Waals surface area contributed by atoms with Crippen LogP contribution in [0.3, 0.4) is 0 Å². The van der Waals surface area contributed by atoms with Crippen LogP contribution < -0.4 is 11.1 Å². The molecule has 8 aromatic rings. The monoisotopic (exact) mass is 1250 g/mol. The van der Waals surface area contributed by atoms with E-state index in [4.69, 9.17) is 11.6 Å². The molecule has 8 rings (SSSR count). The summed E-state index contributed by atoms with van der Waals surface area (Å²) in [5.41, 5.74) is 4.65. The number of carbonyl (C=O) groups excluding carboxylic acids is 2. The van der Waals surface area contributed by atoms with Crippen molar-refractivity contribution in [1.29, 1.82) is 0 Å². The lowest BCUT2D eigenvalue weighted by atomic mass is 10.1. The highest BCUT2D eigenvalue weighted by atomic mass is 35.5. The molecule has 458 valence electrons. The Morgan fingerprint density at radius 3 is 1.36 bits per heavy atom. The number of aromatic nitrogens is 7. The van der Waals surface area contributed by atoms with Crippen molar-refractivity contribution in [3.63, 3.8) is 0 Å². The van der Waals surface area contributed by atoms with Crippen LogP contribution in [0.5, 0.6) is 0 Å². The third kappa shape index (κ3) is 20.2. The van der Waals surface area contributed by atoms with Crippen LogP contribution in [0.1, 0.15) is 66.6 Å². The van der Waals surface area contributed by atoms with Crippen LogP contribution >= 0.6 is 35.1 Å². The molecule has 0 atom stereocenters. The van der Waals surface area contributed by atoms with Crippen LogP contribution in [0, 0.1) is 25.5 Å². The van der Waals surface area contributed by atoms with Crippen LogP contribution in [-0.4, -0.2) is 118 Å². The molecule has 2 amide bonds. The molecule has 0 radical (unpaired) electrons. The van der Waals surface area contributed by atoms with Crippen molar-refractivity contribution in [3.05, 3.63) is 216 Å². The predicted molar refractivity (Wildman–Crippen MR) is 332 cm³/mol. The zero-order valence-corrected chi connectivity index (χ0v) is 51.7. The van der Waals surface area contributed by atoms with Crippen LogP contribution in [-0.2, 0) is 53.5 Å². The maximum Gasteiger partial charge on any atom is 0.416 e. The van der Waals surface area contributed by atoms with Crippen molar-refractivity contribution in [3.8, 4) is 22.6 Å². The number of nitrogens with zero attached hydrogens (tertiary/aromatic N) is 11. The van der Waals surface area contributed by atoms with Crippen molar-refractivity contribution in [2.75, 3.05) is 52.4 Å². The number of aryl methyl sites for hydroxylation is 2. The number of likely N-dealkylation sites (N-methyl/N-ethyl adjacent to an activating group) is 2. The standard InChI is InChI=1S/C33H35F4N5O2S.C31H34ClFN6O2S/c1-4-40(5-2)16-17-41(20-25-8-15-29(38-18-25)26-9-11-27(12-10-26)33(35,36)37)30(43)21-42-19-23(3)31(44)39-32(42)45-22-24-6-13-28(34)14-7-24;1-4-37(5-2)14-15-38(19-24-16-34-29(35-17-24)25-8-10-26(32)11-9-25)28(40)20-39-18-22(3)30(41)36-31(39)42-21-23-6-12-27(33)13-7-23/h6-15,18-19H,4-5,16-17,20-22H2,1-3H3;6-13,16-18H,4-5,14-15,19-21H2,1-3H3. The first-order valence-electron chi connectivity index (χ1n) is 28.3. The van der Waals surface area contributed by atoms with Crippen LogP contribution in [0.25, 0.3) is 22.6 Å². The number of hydrogen-bond donors (Lipinski definition) is 0. The van der Waals surface area contributed by atoms with Gasteiger partial charge in [-0.05, 0) is 123 Å². The van der Waals surface area contributed by atoms with E-state index < -0.39 is 11.7 Å². The molecule has 4 heterocycles. The van der Waals surface area contributed by atoms with E-state index in [-0.39, 0.29) is 54.2 Å². The van der Waals surface area contributed by atoms with Gasteiger partial charge in [-0.1, -0.05) is 105 Å². The maximum atomic E-state index is 13.8. The highest BCUT2D eigenvalue weighted by Crippen LogP contribution is 2.31. The fourth-order valence-electron chi connectivity index (χ4n) is 8.90. The first-order chi connectivity index (χ1) is 41.7. The van der Waals surface area contributed by atoms with E-state index in [1.807, 2.05) is 18.2 Å². The molecule has 15 nitrogen and oxygen atoms in total. The van der Waals surface area contributed by atoms with Gasteiger partial charge >= 0.3 is 6.18 Å². The fourth-order valence-corrected chi connectivity index (χ4v) is 10.9. The van der Waals surface area contributed by atoms with Gasteiger partial charge in [-0.15, -0.1) is 0 Å². The molecule has 0 unspecified atom stereocenters. The molecule has 0 bridgehead atoms. The smallest absolute Gasteiger partial charge is 0.335 e. The second-order valence-electron chi connectivity index (χ2n) is 20.3. The molecule has 0 spiro atoms. The third-order valence-electron chi connectivity index (χ3n) is 14.2. The van der Waals surface area contributed by atoms with Gasteiger partial charge in [-0.3, -0.25) is 24.2 Å². The summed E-state index contributed by atoms with van der Waals surface area (Å²) in [4.78, 5) is 82.3. The Balaban J connectivity index is 0.000000249. The summed E-state index contributed by atoms with van der Waals surface area (Å²) in [6.45, 7) is 18.0. The van der Waals surface area contributed by atoms with Crippen LogP contribution in [0.4, 0.5) is 22.0 Å². The first-order valence-corrected chi connectivity index (χ1v) is 30.7. The van der Waals surface area contributed by atoms with E-state index in [0.717, 1.165) is 72.7 Å². The lowest BCUT2D eigenvalue weighted by Crippen LogP contribution is -2.40. The van der Waals surface area contributed by atoms with Gasteiger partial charge in [0.05, 0.1) is 11.3 Å². The van der Waals surface area contributed by atoms with Crippen LogP contribution in [0.15, 0.2) is 160 Å². The zero-order chi connectivity index (χ0) is 62.6. The molecule has 0 saturated heterocycles. The quantitative estimate of drug-likeness (QED) is 0.0287. The maximum absolute atomic E-state index is 13.8. The number of hydrogen-bond acceptors (Lipinski definition) is 13. The normalized spacial score (nSPS) is 11.4. The third-order valence-corrected chi connectivity index (χ3v) is 16.6. The van der Waals surface area contributed by atoms with Crippen molar-refractivity contribution in [2.45, 2.75) is 95.7 Å². The van der Waals surface area contributed by atoms with E-state index in [1.165, 1.54) is 59.9 Å². The van der Waals surface area contributed by atoms with Gasteiger partial charge < -0.3 is 28.7 Å². The Bertz CT molecular complexity index is 3630. The summed E-state index contributed by atoms with van der Waals surface area (Å²) in [5, 5.41) is 1.46. The van der Waals surface area contributed by atoms with Crippen LogP contribution in [0.2, 0.25) is 5.02 Å². The number of carbonyl (C=O) groups is 2. The Morgan fingerprint density at radius 1 is 0.529 bits per heavy atom. The Kier molecular flexibility index (Phi) is 24.9. The lowest BCUT2D eigenvalue weighted by molar-refractivity contribution is -0.137. The minimum absolute atomic E-state index is 0.0157. The average Bonchev–Trinajstić information content (AvgIpc) is 3.71. The first kappa shape index (κ1) is 66.9. The van der Waals surface area contributed by atoms with Crippen molar-refractivity contribution in [1.82, 2.24) is 53.7 Å². The van der Waals surface area contributed by atoms with Crippen molar-refractivity contribution < 1.29 is 31.5 Å². The van der Waals surface area contributed by atoms with Gasteiger partial charge in [0.2, 0.25) is 11.8 Å². The highest BCUT2D eigenvalue weighted by molar-refractivity contribution is 7.98. The average molecular weight is 1250 g/mol. The van der Waals surface area contributed by atoms with Crippen molar-refractivity contribution >= 4 is 46.9 Å². The Labute approximate surface area is 516 Å². The van der Waals surface area contributed by atoms with E-state index in [1.54, 1.807) is 106 Å². The molecular weight excluding hydrogens is 1180 g/mol. The Hall–Kier alpha value is -7.63. The van der Waals surface area contributed by atoms with E-state index in [0.29, 0.717) is 81.2 Å². The number of alkyl halides is 3. The summed E-state index contributed by atoms with van der Waals surface area (Å²) < 4.78 is 68.9. The minimum Gasteiger partial charge on any atom is -0.335 e. The van der Waals surface area contributed by atoms with E-state index in [2.05, 4.69) is 62.4 Å². The number of halogens is 6. The van der Waals surface area contributed by atoms with Gasteiger partial charge in [-0.2, -0.15) is 23.1 Å². The number of rotatable bonds is 26. The number of pyridine rings is 1. The van der Waals surface area contributed by atoms with Gasteiger partial charge in [0.25, 0.3) is 11.1 Å². The Morgan fingerprint density at radius 2 is 0.943 bits per heavy atom. The summed E-state index contributed by atoms with van der Waals surface area (Å²) in [5.74, 6) is 0.553. The number of thioether (sulfide) groups is 2. The number of benzene rings is 4. The van der Waals surface area contributed by atoms with Gasteiger partial charge in [0, 0.05) is 115 Å². The van der Waals surface area contributed by atoms with Gasteiger partial charge in [0.15, 0.2) is 16.1 Å². The molecule has 87 heavy (non-hydrogen) atoms.